The van der Waals surface area contributed by atoms with Gasteiger partial charge in [-0.05, 0) is 18.2 Å². The smallest absolute Gasteiger partial charge is 0.233 e. The van der Waals surface area contributed by atoms with Crippen molar-refractivity contribution in [2.45, 2.75) is 13.8 Å². The predicted molar refractivity (Wildman–Crippen MR) is 70.0 cm³/mol. The summed E-state index contributed by atoms with van der Waals surface area (Å²) in [5.41, 5.74) is -0.562. The highest BCUT2D eigenvalue weighted by Crippen LogP contribution is 2.24. The summed E-state index contributed by atoms with van der Waals surface area (Å²) in [5, 5.41) is 8.60. The highest BCUT2D eigenvalue weighted by Gasteiger charge is 2.26. The molecule has 0 fully saturated rings. The number of hydrogen-bond acceptors (Lipinski definition) is 4. The Morgan fingerprint density at radius 1 is 1.47 bits per heavy atom. The maximum Gasteiger partial charge on any atom is 0.233 e. The van der Waals surface area contributed by atoms with E-state index in [1.165, 1.54) is 12.1 Å². The van der Waals surface area contributed by atoms with Crippen LogP contribution in [0.4, 0.5) is 4.39 Å². The third-order valence-electron chi connectivity index (χ3n) is 2.24. The largest absolute Gasteiger partial charge is 0.490 e. The fraction of sp³-hybridized carbons (Fsp3) is 0.417. The maximum absolute atomic E-state index is 13.5. The zero-order valence-electron chi connectivity index (χ0n) is 10.5. The lowest BCUT2D eigenvalue weighted by Gasteiger charge is -2.23. The molecule has 7 heteroatoms. The Hall–Kier alpha value is -1.32. The van der Waals surface area contributed by atoms with Gasteiger partial charge < -0.3 is 4.74 Å². The van der Waals surface area contributed by atoms with E-state index >= 15 is 0 Å². The van der Waals surface area contributed by atoms with E-state index in [1.807, 2.05) is 0 Å². The van der Waals surface area contributed by atoms with Crippen LogP contribution in [-0.4, -0.2) is 20.8 Å². The first kappa shape index (κ1) is 15.7. The molecule has 0 atom stereocenters. The first-order chi connectivity index (χ1) is 8.63. The molecule has 0 N–H and O–H groups in total. The van der Waals surface area contributed by atoms with Crippen LogP contribution >= 0.6 is 10.7 Å². The Labute approximate surface area is 116 Å². The average molecular weight is 306 g/mol. The Bertz CT molecular complexity index is 608. The van der Waals surface area contributed by atoms with E-state index < -0.39 is 20.3 Å². The summed E-state index contributed by atoms with van der Waals surface area (Å²) in [5.74, 6) is -0.970. The number of halogens is 2. The first-order valence-corrected chi connectivity index (χ1v) is 7.86. The lowest BCUT2D eigenvalue weighted by molar-refractivity contribution is 0.193. The summed E-state index contributed by atoms with van der Waals surface area (Å²) in [6.45, 7) is 3.28. The summed E-state index contributed by atoms with van der Waals surface area (Å²) in [6.07, 6.45) is 0. The van der Waals surface area contributed by atoms with Crippen LogP contribution in [0.3, 0.4) is 0 Å². The van der Waals surface area contributed by atoms with Crippen LogP contribution in [0.25, 0.3) is 0 Å². The van der Waals surface area contributed by atoms with Crippen molar-refractivity contribution in [3.63, 3.8) is 0 Å². The quantitative estimate of drug-likeness (QED) is 0.784. The van der Waals surface area contributed by atoms with Crippen molar-refractivity contribution in [1.29, 1.82) is 5.26 Å². The number of nitrogens with zero attached hydrogens (tertiary/aromatic N) is 1. The second-order valence-electron chi connectivity index (χ2n) is 4.89. The molecule has 0 spiro atoms. The van der Waals surface area contributed by atoms with Crippen LogP contribution in [0, 0.1) is 22.6 Å². The van der Waals surface area contributed by atoms with Gasteiger partial charge in [-0.1, -0.05) is 13.8 Å². The molecule has 19 heavy (non-hydrogen) atoms. The van der Waals surface area contributed by atoms with E-state index in [4.69, 9.17) is 20.7 Å². The van der Waals surface area contributed by atoms with E-state index in [0.29, 0.717) is 0 Å². The Morgan fingerprint density at radius 2 is 2.11 bits per heavy atom. The summed E-state index contributed by atoms with van der Waals surface area (Å²) >= 11 is 0. The molecule has 0 saturated carbocycles. The van der Waals surface area contributed by atoms with Gasteiger partial charge in [-0.15, -0.1) is 0 Å². The van der Waals surface area contributed by atoms with Gasteiger partial charge in [-0.25, -0.2) is 12.8 Å². The van der Waals surface area contributed by atoms with Gasteiger partial charge in [0.05, 0.1) is 24.0 Å². The first-order valence-electron chi connectivity index (χ1n) is 5.38. The van der Waals surface area contributed by atoms with E-state index in [9.17, 15) is 12.8 Å². The second kappa shape index (κ2) is 5.76. The molecule has 1 aromatic rings. The number of benzene rings is 1. The molecule has 0 aromatic heterocycles. The van der Waals surface area contributed by atoms with Gasteiger partial charge in [0.2, 0.25) is 9.05 Å². The summed E-state index contributed by atoms with van der Waals surface area (Å²) in [6, 6.07) is 5.62. The Balaban J connectivity index is 2.75. The third kappa shape index (κ3) is 5.45. The van der Waals surface area contributed by atoms with Gasteiger partial charge in [0, 0.05) is 16.1 Å². The lowest BCUT2D eigenvalue weighted by Crippen LogP contribution is -2.28. The number of hydrogen-bond donors (Lipinski definition) is 0. The van der Waals surface area contributed by atoms with Crippen molar-refractivity contribution in [3.05, 3.63) is 29.6 Å². The van der Waals surface area contributed by atoms with Gasteiger partial charge in [-0.3, -0.25) is 0 Å². The van der Waals surface area contributed by atoms with E-state index in [-0.39, 0.29) is 23.7 Å². The normalized spacial score (nSPS) is 11.9. The van der Waals surface area contributed by atoms with Crippen molar-refractivity contribution >= 4 is 19.7 Å². The van der Waals surface area contributed by atoms with E-state index in [2.05, 4.69) is 0 Å². The minimum atomic E-state index is -3.65. The number of nitriles is 1. The lowest BCUT2D eigenvalue weighted by atomic mass is 9.98. The molecular weight excluding hydrogens is 293 g/mol. The molecule has 104 valence electrons. The van der Waals surface area contributed by atoms with Crippen LogP contribution in [0.15, 0.2) is 18.2 Å². The fourth-order valence-corrected chi connectivity index (χ4v) is 3.37. The molecule has 0 saturated heterocycles. The van der Waals surface area contributed by atoms with Crippen LogP contribution in [0.2, 0.25) is 0 Å². The van der Waals surface area contributed by atoms with Gasteiger partial charge >= 0.3 is 0 Å². The monoisotopic (exact) mass is 305 g/mol. The van der Waals surface area contributed by atoms with Gasteiger partial charge in [0.1, 0.15) is 0 Å². The molecular formula is C12H13ClFNO3S. The summed E-state index contributed by atoms with van der Waals surface area (Å²) < 4.78 is 40.8. The number of ether oxygens (including phenoxy) is 1. The molecule has 0 bridgehead atoms. The Morgan fingerprint density at radius 3 is 2.58 bits per heavy atom. The minimum absolute atomic E-state index is 0.0121. The van der Waals surface area contributed by atoms with Gasteiger partial charge in [0.25, 0.3) is 0 Å². The molecule has 1 aromatic carbocycles. The molecule has 0 aliphatic heterocycles. The van der Waals surface area contributed by atoms with Crippen LogP contribution in [0.1, 0.15) is 19.4 Å². The molecule has 1 rings (SSSR count). The van der Waals surface area contributed by atoms with Crippen molar-refractivity contribution in [2.24, 2.45) is 5.41 Å². The zero-order chi connectivity index (χ0) is 14.7. The predicted octanol–water partition coefficient (Wildman–Crippen LogP) is 2.67. The number of rotatable bonds is 5. The van der Waals surface area contributed by atoms with Crippen molar-refractivity contribution in [1.82, 2.24) is 0 Å². The molecule has 0 amide bonds. The van der Waals surface area contributed by atoms with E-state index in [1.54, 1.807) is 19.9 Å². The summed E-state index contributed by atoms with van der Waals surface area (Å²) in [4.78, 5) is 0. The van der Waals surface area contributed by atoms with E-state index in [0.717, 1.165) is 6.07 Å². The van der Waals surface area contributed by atoms with Crippen molar-refractivity contribution in [2.75, 3.05) is 12.4 Å². The second-order valence-corrected chi connectivity index (χ2v) is 7.67. The molecule has 0 aliphatic rings. The van der Waals surface area contributed by atoms with Crippen molar-refractivity contribution < 1.29 is 17.5 Å². The Kier molecular flexibility index (Phi) is 4.77. The van der Waals surface area contributed by atoms with Gasteiger partial charge in [-0.2, -0.15) is 5.26 Å². The topological polar surface area (TPSA) is 67.2 Å². The SMILES string of the molecule is CC(C)(COc1ccc(C#N)cc1F)CS(=O)(=O)Cl. The maximum atomic E-state index is 13.5. The van der Waals surface area contributed by atoms with Crippen LogP contribution in [-0.2, 0) is 9.05 Å². The molecule has 0 aliphatic carbocycles. The van der Waals surface area contributed by atoms with Crippen LogP contribution in [0.5, 0.6) is 5.75 Å². The molecule has 0 unspecified atom stereocenters. The molecule has 0 heterocycles. The van der Waals surface area contributed by atoms with Gasteiger partial charge in [0.15, 0.2) is 11.6 Å². The van der Waals surface area contributed by atoms with Crippen molar-refractivity contribution in [3.8, 4) is 11.8 Å². The zero-order valence-corrected chi connectivity index (χ0v) is 12.1. The fourth-order valence-electron chi connectivity index (χ4n) is 1.47. The molecule has 4 nitrogen and oxygen atoms in total. The van der Waals surface area contributed by atoms with Crippen LogP contribution < -0.4 is 4.74 Å². The minimum Gasteiger partial charge on any atom is -0.490 e. The highest BCUT2D eigenvalue weighted by atomic mass is 35.7. The highest BCUT2D eigenvalue weighted by molar-refractivity contribution is 8.13. The molecule has 0 radical (unpaired) electrons. The standard InChI is InChI=1S/C12H13ClFNO3S/c1-12(2,8-19(13,16)17)7-18-11-4-3-9(6-15)5-10(11)14/h3-5H,7-8H2,1-2H3. The summed E-state index contributed by atoms with van der Waals surface area (Å²) in [7, 11) is 1.53. The third-order valence-corrected chi connectivity index (χ3v) is 3.70. The average Bonchev–Trinajstić information content (AvgIpc) is 2.24.